The summed E-state index contributed by atoms with van der Waals surface area (Å²) in [6.45, 7) is 6.15. The van der Waals surface area contributed by atoms with Crippen molar-refractivity contribution >= 4 is 17.7 Å². The molecule has 0 aliphatic rings. The van der Waals surface area contributed by atoms with E-state index in [1.807, 2.05) is 20.8 Å². The first-order chi connectivity index (χ1) is 9.31. The standard InChI is InChI=1S/C14H21N3O3/c1-8(4-5-11(18)19)7-16-14-12(13(15)20)9(2)6-10(3)17-14/h6,8H,4-5,7H2,1-3H3,(H2,15,20)(H,16,17)(H,18,19). The summed E-state index contributed by atoms with van der Waals surface area (Å²) in [5.41, 5.74) is 7.35. The summed E-state index contributed by atoms with van der Waals surface area (Å²) >= 11 is 0. The van der Waals surface area contributed by atoms with Crippen LogP contribution in [0.1, 0.15) is 41.4 Å². The summed E-state index contributed by atoms with van der Waals surface area (Å²) in [5, 5.41) is 11.7. The van der Waals surface area contributed by atoms with Gasteiger partial charge in [0.15, 0.2) is 0 Å². The third-order valence-corrected chi connectivity index (χ3v) is 3.06. The monoisotopic (exact) mass is 279 g/mol. The maximum Gasteiger partial charge on any atom is 0.303 e. The Kier molecular flexibility index (Phi) is 5.49. The van der Waals surface area contributed by atoms with Gasteiger partial charge in [-0.15, -0.1) is 0 Å². The Labute approximate surface area is 118 Å². The lowest BCUT2D eigenvalue weighted by atomic mass is 10.0. The van der Waals surface area contributed by atoms with Crippen molar-refractivity contribution in [2.45, 2.75) is 33.6 Å². The first-order valence-electron chi connectivity index (χ1n) is 6.55. The second-order valence-electron chi connectivity index (χ2n) is 5.09. The zero-order chi connectivity index (χ0) is 15.3. The molecular weight excluding hydrogens is 258 g/mol. The number of carbonyl (C=O) groups is 2. The number of nitrogens with one attached hydrogen (secondary N) is 1. The molecule has 0 saturated carbocycles. The quantitative estimate of drug-likeness (QED) is 0.704. The largest absolute Gasteiger partial charge is 0.481 e. The molecule has 1 rings (SSSR count). The van der Waals surface area contributed by atoms with E-state index in [0.717, 1.165) is 11.3 Å². The summed E-state index contributed by atoms with van der Waals surface area (Å²) in [7, 11) is 0. The van der Waals surface area contributed by atoms with E-state index in [0.29, 0.717) is 24.3 Å². The molecule has 0 saturated heterocycles. The Hall–Kier alpha value is -2.11. The number of pyridine rings is 1. The molecule has 6 heteroatoms. The third-order valence-electron chi connectivity index (χ3n) is 3.06. The molecule has 110 valence electrons. The van der Waals surface area contributed by atoms with E-state index >= 15 is 0 Å². The summed E-state index contributed by atoms with van der Waals surface area (Å²) in [4.78, 5) is 26.3. The van der Waals surface area contributed by atoms with E-state index < -0.39 is 11.9 Å². The van der Waals surface area contributed by atoms with Crippen LogP contribution in [0, 0.1) is 19.8 Å². The number of hydrogen-bond acceptors (Lipinski definition) is 4. The SMILES string of the molecule is Cc1cc(C)c(C(N)=O)c(NCC(C)CCC(=O)O)n1. The van der Waals surface area contributed by atoms with Crippen molar-refractivity contribution in [1.29, 1.82) is 0 Å². The molecule has 1 unspecified atom stereocenters. The predicted octanol–water partition coefficient (Wildman–Crippen LogP) is 1.71. The maximum atomic E-state index is 11.5. The van der Waals surface area contributed by atoms with Crippen molar-refractivity contribution in [1.82, 2.24) is 4.98 Å². The second kappa shape index (κ2) is 6.88. The molecule has 0 aliphatic carbocycles. The molecule has 1 aromatic rings. The predicted molar refractivity (Wildman–Crippen MR) is 76.8 cm³/mol. The second-order valence-corrected chi connectivity index (χ2v) is 5.09. The molecule has 0 radical (unpaired) electrons. The van der Waals surface area contributed by atoms with Gasteiger partial charge in [-0.3, -0.25) is 9.59 Å². The molecular formula is C14H21N3O3. The van der Waals surface area contributed by atoms with E-state index in [9.17, 15) is 9.59 Å². The molecule has 0 aliphatic heterocycles. The minimum absolute atomic E-state index is 0.131. The van der Waals surface area contributed by atoms with Crippen LogP contribution in [0.3, 0.4) is 0 Å². The van der Waals surface area contributed by atoms with Gasteiger partial charge >= 0.3 is 5.97 Å². The van der Waals surface area contributed by atoms with Crippen LogP contribution in [0.25, 0.3) is 0 Å². The normalized spacial score (nSPS) is 11.9. The number of hydrogen-bond donors (Lipinski definition) is 3. The molecule has 6 nitrogen and oxygen atoms in total. The Bertz CT molecular complexity index is 515. The molecule has 0 spiro atoms. The summed E-state index contributed by atoms with van der Waals surface area (Å²) < 4.78 is 0. The maximum absolute atomic E-state index is 11.5. The third kappa shape index (κ3) is 4.53. The number of primary amides is 1. The molecule has 20 heavy (non-hydrogen) atoms. The topological polar surface area (TPSA) is 105 Å². The molecule has 4 N–H and O–H groups in total. The van der Waals surface area contributed by atoms with Crippen LogP contribution in [0.4, 0.5) is 5.82 Å². The highest BCUT2D eigenvalue weighted by molar-refractivity contribution is 5.99. The van der Waals surface area contributed by atoms with Gasteiger partial charge in [0.1, 0.15) is 5.82 Å². The van der Waals surface area contributed by atoms with E-state index in [1.165, 1.54) is 0 Å². The number of carboxylic acid groups (broad SMARTS) is 1. The molecule has 1 atom stereocenters. The van der Waals surface area contributed by atoms with Crippen LogP contribution >= 0.6 is 0 Å². The lowest BCUT2D eigenvalue weighted by molar-refractivity contribution is -0.137. The van der Waals surface area contributed by atoms with E-state index in [4.69, 9.17) is 10.8 Å². The Morgan fingerprint density at radius 1 is 1.45 bits per heavy atom. The highest BCUT2D eigenvalue weighted by atomic mass is 16.4. The summed E-state index contributed by atoms with van der Waals surface area (Å²) in [6.07, 6.45) is 0.699. The van der Waals surface area contributed by atoms with E-state index in [1.54, 1.807) is 6.07 Å². The van der Waals surface area contributed by atoms with Crippen LogP contribution in [0.2, 0.25) is 0 Å². The van der Waals surface area contributed by atoms with Crippen molar-refractivity contribution in [2.75, 3.05) is 11.9 Å². The molecule has 0 aromatic carbocycles. The van der Waals surface area contributed by atoms with Gasteiger partial charge in [0.25, 0.3) is 5.91 Å². The highest BCUT2D eigenvalue weighted by Gasteiger charge is 2.14. The van der Waals surface area contributed by atoms with Gasteiger partial charge in [0.05, 0.1) is 5.56 Å². The number of anilines is 1. The number of rotatable bonds is 7. The van der Waals surface area contributed by atoms with Crippen molar-refractivity contribution in [2.24, 2.45) is 11.7 Å². The van der Waals surface area contributed by atoms with Gasteiger partial charge in [-0.05, 0) is 37.8 Å². The van der Waals surface area contributed by atoms with Crippen molar-refractivity contribution < 1.29 is 14.7 Å². The minimum Gasteiger partial charge on any atom is -0.481 e. The van der Waals surface area contributed by atoms with Gasteiger partial charge in [-0.25, -0.2) is 4.98 Å². The number of aliphatic carboxylic acids is 1. The minimum atomic E-state index is -0.806. The molecule has 0 bridgehead atoms. The molecule has 0 fully saturated rings. The van der Waals surface area contributed by atoms with Gasteiger partial charge < -0.3 is 16.2 Å². The zero-order valence-electron chi connectivity index (χ0n) is 12.1. The van der Waals surface area contributed by atoms with Gasteiger partial charge in [-0.1, -0.05) is 6.92 Å². The van der Waals surface area contributed by atoms with Crippen molar-refractivity contribution in [3.8, 4) is 0 Å². The fraction of sp³-hybridized carbons (Fsp3) is 0.500. The number of nitrogens with two attached hydrogens (primary N) is 1. The van der Waals surface area contributed by atoms with Gasteiger partial charge in [0.2, 0.25) is 0 Å². The number of aryl methyl sites for hydroxylation is 2. The van der Waals surface area contributed by atoms with Crippen molar-refractivity contribution in [3.63, 3.8) is 0 Å². The highest BCUT2D eigenvalue weighted by Crippen LogP contribution is 2.19. The lowest BCUT2D eigenvalue weighted by Gasteiger charge is -2.15. The Morgan fingerprint density at radius 2 is 2.10 bits per heavy atom. The number of nitrogens with zero attached hydrogens (tertiary/aromatic N) is 1. The number of amides is 1. The fourth-order valence-electron chi connectivity index (χ4n) is 2.02. The van der Waals surface area contributed by atoms with Crippen LogP contribution in [0.5, 0.6) is 0 Å². The van der Waals surface area contributed by atoms with Gasteiger partial charge in [0, 0.05) is 18.7 Å². The lowest BCUT2D eigenvalue weighted by Crippen LogP contribution is -2.20. The average Bonchev–Trinajstić information content (AvgIpc) is 2.32. The number of carbonyl (C=O) groups excluding carboxylic acids is 1. The average molecular weight is 279 g/mol. The number of carboxylic acids is 1. The molecule has 1 heterocycles. The van der Waals surface area contributed by atoms with Crippen LogP contribution in [0.15, 0.2) is 6.07 Å². The van der Waals surface area contributed by atoms with Crippen molar-refractivity contribution in [3.05, 3.63) is 22.9 Å². The smallest absolute Gasteiger partial charge is 0.303 e. The fourth-order valence-corrected chi connectivity index (χ4v) is 2.02. The first kappa shape index (κ1) is 15.9. The summed E-state index contributed by atoms with van der Waals surface area (Å²) in [5.74, 6) is -0.693. The Balaban J connectivity index is 2.77. The zero-order valence-corrected chi connectivity index (χ0v) is 12.1. The van der Waals surface area contributed by atoms with E-state index in [-0.39, 0.29) is 12.3 Å². The molecule has 1 aromatic heterocycles. The molecule has 1 amide bonds. The van der Waals surface area contributed by atoms with E-state index in [2.05, 4.69) is 10.3 Å². The first-order valence-corrected chi connectivity index (χ1v) is 6.55. The Morgan fingerprint density at radius 3 is 2.65 bits per heavy atom. The van der Waals surface area contributed by atoms with Crippen LogP contribution in [-0.2, 0) is 4.79 Å². The van der Waals surface area contributed by atoms with Crippen LogP contribution in [-0.4, -0.2) is 28.5 Å². The van der Waals surface area contributed by atoms with Crippen LogP contribution < -0.4 is 11.1 Å². The number of aromatic nitrogens is 1. The van der Waals surface area contributed by atoms with Gasteiger partial charge in [-0.2, -0.15) is 0 Å². The summed E-state index contributed by atoms with van der Waals surface area (Å²) in [6, 6.07) is 1.80.